The minimum absolute atomic E-state index is 0.570. The molecule has 2 atom stereocenters. The third-order valence-electron chi connectivity index (χ3n) is 4.14. The van der Waals surface area contributed by atoms with Gasteiger partial charge < -0.3 is 9.84 Å². The molecule has 1 aromatic heterocycles. The fourth-order valence-electron chi connectivity index (χ4n) is 2.92. The van der Waals surface area contributed by atoms with Gasteiger partial charge in [-0.2, -0.15) is 0 Å². The third-order valence-corrected chi connectivity index (χ3v) is 5.68. The molecule has 2 unspecified atom stereocenters. The summed E-state index contributed by atoms with van der Waals surface area (Å²) in [6.07, 6.45) is 0.0454. The van der Waals surface area contributed by atoms with Crippen molar-refractivity contribution >= 4 is 38.9 Å². The normalized spacial score (nSPS) is 22.0. The zero-order valence-electron chi connectivity index (χ0n) is 12.8. The van der Waals surface area contributed by atoms with E-state index >= 15 is 0 Å². The number of hydrogen-bond donors (Lipinski definition) is 1. The second kappa shape index (κ2) is 5.80. The molecule has 0 saturated carbocycles. The fourth-order valence-corrected chi connectivity index (χ4v) is 4.34. The first-order chi connectivity index (χ1) is 10.4. The zero-order chi connectivity index (χ0) is 15.9. The fraction of sp³-hybridized carbons (Fsp3) is 0.353. The van der Waals surface area contributed by atoms with E-state index in [1.54, 1.807) is 18.4 Å². The molecule has 22 heavy (non-hydrogen) atoms. The molecule has 116 valence electrons. The van der Waals surface area contributed by atoms with Crippen molar-refractivity contribution in [2.24, 2.45) is 10.4 Å². The van der Waals surface area contributed by atoms with Gasteiger partial charge in [0.25, 0.3) is 0 Å². The highest BCUT2D eigenvalue weighted by Gasteiger charge is 2.44. The van der Waals surface area contributed by atoms with Crippen LogP contribution in [0.2, 0.25) is 0 Å². The molecule has 0 amide bonds. The van der Waals surface area contributed by atoms with Crippen LogP contribution < -0.4 is 0 Å². The number of benzene rings is 1. The van der Waals surface area contributed by atoms with Crippen LogP contribution in [0.25, 0.3) is 0 Å². The molecule has 0 fully saturated rings. The lowest BCUT2D eigenvalue weighted by molar-refractivity contribution is 0.0693. The third kappa shape index (κ3) is 2.62. The van der Waals surface area contributed by atoms with E-state index in [-0.39, 0.29) is 0 Å². The van der Waals surface area contributed by atoms with Crippen LogP contribution in [0.4, 0.5) is 5.69 Å². The van der Waals surface area contributed by atoms with Crippen molar-refractivity contribution in [2.45, 2.75) is 26.4 Å². The molecule has 0 spiro atoms. The summed E-state index contributed by atoms with van der Waals surface area (Å²) >= 11 is 5.12. The number of rotatable bonds is 2. The molecule has 1 aliphatic heterocycles. The van der Waals surface area contributed by atoms with Gasteiger partial charge in [-0.3, -0.25) is 0 Å². The first-order valence-electron chi connectivity index (χ1n) is 7.10. The van der Waals surface area contributed by atoms with Gasteiger partial charge in [0.15, 0.2) is 5.90 Å². The Hall–Kier alpha value is -1.17. The Labute approximate surface area is 142 Å². The Bertz CT molecular complexity index is 740. The summed E-state index contributed by atoms with van der Waals surface area (Å²) in [5.74, 6) is 0.584. The second-order valence-corrected chi connectivity index (χ2v) is 8.07. The quantitative estimate of drug-likeness (QED) is 0.814. The van der Waals surface area contributed by atoms with Crippen molar-refractivity contribution in [3.8, 4) is 0 Å². The van der Waals surface area contributed by atoms with Crippen molar-refractivity contribution in [1.82, 2.24) is 0 Å². The Morgan fingerprint density at radius 1 is 1.36 bits per heavy atom. The maximum atomic E-state index is 11.0. The van der Waals surface area contributed by atoms with Crippen molar-refractivity contribution in [3.63, 3.8) is 0 Å². The van der Waals surface area contributed by atoms with Gasteiger partial charge in [0.2, 0.25) is 0 Å². The zero-order valence-corrected chi connectivity index (χ0v) is 15.2. The lowest BCUT2D eigenvalue weighted by atomic mass is 9.75. The highest BCUT2D eigenvalue weighted by Crippen LogP contribution is 2.46. The first kappa shape index (κ1) is 15.7. The number of halogens is 1. The summed E-state index contributed by atoms with van der Waals surface area (Å²) in [7, 11) is 1.62. The highest BCUT2D eigenvalue weighted by atomic mass is 79.9. The summed E-state index contributed by atoms with van der Waals surface area (Å²) in [5.41, 5.74) is 1.46. The maximum Gasteiger partial charge on any atom is 0.197 e. The lowest BCUT2D eigenvalue weighted by Crippen LogP contribution is -2.39. The summed E-state index contributed by atoms with van der Waals surface area (Å²) in [4.78, 5) is 6.76. The van der Waals surface area contributed by atoms with Gasteiger partial charge >= 0.3 is 0 Å². The molecule has 2 aromatic rings. The molecule has 0 aliphatic carbocycles. The van der Waals surface area contributed by atoms with Crippen molar-refractivity contribution in [2.75, 3.05) is 7.11 Å². The number of thiophene rings is 1. The summed E-state index contributed by atoms with van der Waals surface area (Å²) in [6, 6.07) is 10.0. The predicted octanol–water partition coefficient (Wildman–Crippen LogP) is 4.79. The molecule has 1 aromatic carbocycles. The molecule has 1 N–H and O–H groups in total. The van der Waals surface area contributed by atoms with E-state index in [9.17, 15) is 5.11 Å². The van der Waals surface area contributed by atoms with Crippen LogP contribution in [0, 0.1) is 12.3 Å². The molecule has 0 radical (unpaired) electrons. The molecular weight excluding hydrogens is 362 g/mol. The van der Waals surface area contributed by atoms with Gasteiger partial charge in [-0.1, -0.05) is 15.9 Å². The van der Waals surface area contributed by atoms with E-state index in [0.717, 1.165) is 20.6 Å². The van der Waals surface area contributed by atoms with E-state index in [1.807, 2.05) is 38.1 Å². The van der Waals surface area contributed by atoms with Crippen molar-refractivity contribution < 1.29 is 9.84 Å². The number of ether oxygens (including phenoxy) is 1. The second-order valence-electron chi connectivity index (χ2n) is 5.84. The van der Waals surface area contributed by atoms with Crippen LogP contribution >= 0.6 is 27.3 Å². The van der Waals surface area contributed by atoms with E-state index < -0.39 is 11.5 Å². The molecule has 3 nitrogen and oxygen atoms in total. The number of fused-ring (bicyclic) bond motifs is 1. The summed E-state index contributed by atoms with van der Waals surface area (Å²) in [6.45, 7) is 4.06. The molecule has 1 aliphatic rings. The number of aryl methyl sites for hydroxylation is 1. The van der Waals surface area contributed by atoms with Crippen LogP contribution in [0.3, 0.4) is 0 Å². The molecular formula is C17H18BrNO2S. The van der Waals surface area contributed by atoms with Crippen LogP contribution in [0.15, 0.2) is 39.8 Å². The average molecular weight is 380 g/mol. The Balaban J connectivity index is 2.05. The smallest absolute Gasteiger partial charge is 0.197 e. The Morgan fingerprint density at radius 3 is 2.77 bits per heavy atom. The standard InChI is InChI=1S/C17H18BrNO2S/c1-10-4-7-14(22-10)15(20)17(2)9-11-8-12(18)5-6-13(11)19-16(17)21-3/h4-8,15,20H,9H2,1-3H3. The minimum Gasteiger partial charge on any atom is -0.484 e. The molecule has 2 heterocycles. The number of aliphatic imine (C=N–C) groups is 1. The number of nitrogens with zero attached hydrogens (tertiary/aromatic N) is 1. The highest BCUT2D eigenvalue weighted by molar-refractivity contribution is 9.10. The number of methoxy groups -OCH3 is 1. The van der Waals surface area contributed by atoms with Gasteiger partial charge in [-0.15, -0.1) is 11.3 Å². The number of aliphatic hydroxyl groups excluding tert-OH is 1. The van der Waals surface area contributed by atoms with Gasteiger partial charge in [0, 0.05) is 14.2 Å². The van der Waals surface area contributed by atoms with Gasteiger partial charge in [-0.05, 0) is 56.2 Å². The SMILES string of the molecule is COC1=Nc2ccc(Br)cc2CC1(C)C(O)c1ccc(C)s1. The summed E-state index contributed by atoms with van der Waals surface area (Å²) in [5, 5.41) is 11.0. The Kier molecular flexibility index (Phi) is 4.14. The van der Waals surface area contributed by atoms with Crippen LogP contribution in [0.5, 0.6) is 0 Å². The Morgan fingerprint density at radius 2 is 2.14 bits per heavy atom. The van der Waals surface area contributed by atoms with Crippen LogP contribution in [-0.2, 0) is 11.2 Å². The van der Waals surface area contributed by atoms with Gasteiger partial charge in [-0.25, -0.2) is 4.99 Å². The van der Waals surface area contributed by atoms with Gasteiger partial charge in [0.1, 0.15) is 6.10 Å². The number of aliphatic hydroxyl groups is 1. The summed E-state index contributed by atoms with van der Waals surface area (Å²) < 4.78 is 6.55. The van der Waals surface area contributed by atoms with E-state index in [0.29, 0.717) is 12.3 Å². The molecule has 0 saturated heterocycles. The largest absolute Gasteiger partial charge is 0.484 e. The van der Waals surface area contributed by atoms with Gasteiger partial charge in [0.05, 0.1) is 18.2 Å². The van der Waals surface area contributed by atoms with E-state index in [1.165, 1.54) is 4.88 Å². The van der Waals surface area contributed by atoms with Crippen molar-refractivity contribution in [1.29, 1.82) is 0 Å². The monoisotopic (exact) mass is 379 g/mol. The van der Waals surface area contributed by atoms with Crippen LogP contribution in [-0.4, -0.2) is 18.1 Å². The molecule has 3 rings (SSSR count). The average Bonchev–Trinajstić information content (AvgIpc) is 2.92. The lowest BCUT2D eigenvalue weighted by Gasteiger charge is -2.37. The predicted molar refractivity (Wildman–Crippen MR) is 94.1 cm³/mol. The topological polar surface area (TPSA) is 41.8 Å². The minimum atomic E-state index is -0.642. The molecule has 0 bridgehead atoms. The first-order valence-corrected chi connectivity index (χ1v) is 8.71. The maximum absolute atomic E-state index is 11.0. The van der Waals surface area contributed by atoms with E-state index in [4.69, 9.17) is 4.74 Å². The number of hydrogen-bond acceptors (Lipinski definition) is 4. The van der Waals surface area contributed by atoms with Crippen LogP contribution in [0.1, 0.15) is 28.3 Å². The van der Waals surface area contributed by atoms with Crippen molar-refractivity contribution in [3.05, 3.63) is 50.1 Å². The molecule has 5 heteroatoms. The van der Waals surface area contributed by atoms with E-state index in [2.05, 4.69) is 27.0 Å².